The molecular weight excluding hydrogens is 386 g/mol. The maximum atomic E-state index is 13.3. The van der Waals surface area contributed by atoms with Gasteiger partial charge in [0.15, 0.2) is 0 Å². The average molecular weight is 405 g/mol. The molecule has 3 saturated carbocycles. The molecule has 2 amide bonds. The van der Waals surface area contributed by atoms with Crippen LogP contribution in [0.3, 0.4) is 0 Å². The third-order valence-electron chi connectivity index (χ3n) is 6.06. The molecule has 0 radical (unpaired) electrons. The van der Waals surface area contributed by atoms with Gasteiger partial charge in [-0.15, -0.1) is 0 Å². The highest BCUT2D eigenvalue weighted by Crippen LogP contribution is 2.70. The molecule has 28 heavy (non-hydrogen) atoms. The van der Waals surface area contributed by atoms with Crippen LogP contribution in [0.5, 0.6) is 0 Å². The number of amides is 2. The monoisotopic (exact) mass is 404 g/mol. The van der Waals surface area contributed by atoms with Gasteiger partial charge in [0.1, 0.15) is 11.6 Å². The predicted octanol–water partition coefficient (Wildman–Crippen LogP) is 4.55. The van der Waals surface area contributed by atoms with Crippen molar-refractivity contribution in [2.75, 3.05) is 5.32 Å². The Morgan fingerprint density at radius 1 is 1.07 bits per heavy atom. The van der Waals surface area contributed by atoms with E-state index in [9.17, 15) is 18.4 Å². The molecule has 4 nitrogen and oxygen atoms in total. The van der Waals surface area contributed by atoms with Crippen LogP contribution in [0.25, 0.3) is 0 Å². The van der Waals surface area contributed by atoms with Gasteiger partial charge in [-0.1, -0.05) is 18.5 Å². The molecule has 0 aliphatic heterocycles. The zero-order valence-electron chi connectivity index (χ0n) is 15.2. The summed E-state index contributed by atoms with van der Waals surface area (Å²) >= 11 is 5.74. The highest BCUT2D eigenvalue weighted by atomic mass is 35.5. The Bertz CT molecular complexity index is 942. The van der Waals surface area contributed by atoms with Gasteiger partial charge in [0.25, 0.3) is 5.91 Å². The first-order valence-corrected chi connectivity index (χ1v) is 9.44. The van der Waals surface area contributed by atoms with E-state index < -0.39 is 5.82 Å². The molecule has 1 atom stereocenters. The Kier molecular flexibility index (Phi) is 4.42. The van der Waals surface area contributed by atoms with Gasteiger partial charge in [0.05, 0.1) is 5.02 Å². The fourth-order valence-electron chi connectivity index (χ4n) is 4.47. The van der Waals surface area contributed by atoms with E-state index in [1.165, 1.54) is 42.5 Å². The molecule has 0 heterocycles. The summed E-state index contributed by atoms with van der Waals surface area (Å²) in [4.78, 5) is 25.0. The first kappa shape index (κ1) is 18.9. The Morgan fingerprint density at radius 2 is 1.71 bits per heavy atom. The molecule has 7 heteroatoms. The summed E-state index contributed by atoms with van der Waals surface area (Å²) in [5.41, 5.74) is 0.438. The quantitative estimate of drug-likeness (QED) is 0.768. The summed E-state index contributed by atoms with van der Waals surface area (Å²) in [6.07, 6.45) is 2.16. The molecule has 3 aliphatic rings. The lowest BCUT2D eigenvalue weighted by atomic mass is 9.36. The minimum absolute atomic E-state index is 0.0900. The van der Waals surface area contributed by atoms with E-state index >= 15 is 0 Å². The summed E-state index contributed by atoms with van der Waals surface area (Å²) in [6.45, 7) is 1.88. The number of hydrogen-bond donors (Lipinski definition) is 2. The van der Waals surface area contributed by atoms with Gasteiger partial charge < -0.3 is 10.6 Å². The second-order valence-electron chi connectivity index (χ2n) is 7.97. The van der Waals surface area contributed by atoms with Gasteiger partial charge in [-0.05, 0) is 67.1 Å². The molecule has 5 rings (SSSR count). The fraction of sp³-hybridized carbons (Fsp3) is 0.333. The highest BCUT2D eigenvalue weighted by Gasteiger charge is 2.71. The molecule has 146 valence electrons. The highest BCUT2D eigenvalue weighted by molar-refractivity contribution is 6.31. The molecule has 0 spiro atoms. The molecule has 3 aliphatic carbocycles. The molecule has 0 saturated heterocycles. The molecule has 0 aromatic heterocycles. The summed E-state index contributed by atoms with van der Waals surface area (Å²) in [6, 6.07) is 9.53. The Morgan fingerprint density at radius 3 is 2.32 bits per heavy atom. The largest absolute Gasteiger partial charge is 0.347 e. The normalized spacial score (nSPS) is 25.9. The Balaban J connectivity index is 1.34. The van der Waals surface area contributed by atoms with Gasteiger partial charge in [0, 0.05) is 22.7 Å². The summed E-state index contributed by atoms with van der Waals surface area (Å²) in [5, 5.41) is 5.73. The van der Waals surface area contributed by atoms with Crippen LogP contribution in [0, 0.1) is 23.0 Å². The van der Waals surface area contributed by atoms with Gasteiger partial charge in [0.2, 0.25) is 5.91 Å². The van der Waals surface area contributed by atoms with Gasteiger partial charge in [-0.2, -0.15) is 0 Å². The Labute approximate surface area is 166 Å². The van der Waals surface area contributed by atoms with Gasteiger partial charge in [-0.3, -0.25) is 9.59 Å². The third-order valence-corrected chi connectivity index (χ3v) is 6.35. The van der Waals surface area contributed by atoms with Crippen LogP contribution in [0.15, 0.2) is 42.5 Å². The van der Waals surface area contributed by atoms with E-state index in [2.05, 4.69) is 10.6 Å². The lowest BCUT2D eigenvalue weighted by Gasteiger charge is -2.72. The number of hydrogen-bond acceptors (Lipinski definition) is 2. The summed E-state index contributed by atoms with van der Waals surface area (Å²) in [7, 11) is 0. The van der Waals surface area contributed by atoms with Gasteiger partial charge >= 0.3 is 0 Å². The van der Waals surface area contributed by atoms with Crippen LogP contribution in [-0.4, -0.2) is 17.4 Å². The number of benzene rings is 2. The van der Waals surface area contributed by atoms with Crippen LogP contribution < -0.4 is 10.6 Å². The minimum Gasteiger partial charge on any atom is -0.347 e. The summed E-state index contributed by atoms with van der Waals surface area (Å²) < 4.78 is 26.2. The van der Waals surface area contributed by atoms with E-state index in [1.54, 1.807) is 0 Å². The first-order chi connectivity index (χ1) is 13.2. The third kappa shape index (κ3) is 3.15. The number of carbonyl (C=O) groups is 2. The van der Waals surface area contributed by atoms with Crippen molar-refractivity contribution in [2.45, 2.75) is 31.7 Å². The molecule has 2 aromatic rings. The van der Waals surface area contributed by atoms with Crippen molar-refractivity contribution in [3.8, 4) is 0 Å². The van der Waals surface area contributed by atoms with Crippen LogP contribution in [0.4, 0.5) is 14.5 Å². The summed E-state index contributed by atoms with van der Waals surface area (Å²) in [5.74, 6) is -1.55. The molecular formula is C21H19ClF2N2O2. The molecule has 2 aromatic carbocycles. The molecule has 3 fully saturated rings. The van der Waals surface area contributed by atoms with Crippen molar-refractivity contribution in [3.63, 3.8) is 0 Å². The van der Waals surface area contributed by atoms with Crippen molar-refractivity contribution in [1.82, 2.24) is 5.32 Å². The standard InChI is InChI=1S/C21H19ClF2N2O2/c1-12(18(27)25-15-5-3-14(23)4-6-15)20-9-21(10-20,11-20)26-19(28)13-2-7-17(24)16(22)8-13/h2-8,12H,9-11H2,1H3,(H,25,27)(H,26,28). The van der Waals surface area contributed by atoms with Crippen molar-refractivity contribution in [1.29, 1.82) is 0 Å². The van der Waals surface area contributed by atoms with Crippen LogP contribution in [0.2, 0.25) is 5.02 Å². The van der Waals surface area contributed by atoms with Crippen LogP contribution in [0.1, 0.15) is 36.5 Å². The van der Waals surface area contributed by atoms with E-state index in [1.807, 2.05) is 6.92 Å². The number of halogens is 3. The maximum Gasteiger partial charge on any atom is 0.251 e. The molecule has 1 unspecified atom stereocenters. The lowest BCUT2D eigenvalue weighted by molar-refractivity contribution is -0.184. The van der Waals surface area contributed by atoms with Crippen molar-refractivity contribution < 1.29 is 18.4 Å². The average Bonchev–Trinajstić information content (AvgIpc) is 2.60. The number of anilines is 1. The SMILES string of the molecule is CC(C(=O)Nc1ccc(F)cc1)C12CC(NC(=O)c3ccc(F)c(Cl)c3)(C1)C2. The molecule has 2 bridgehead atoms. The van der Waals surface area contributed by atoms with Crippen molar-refractivity contribution in [3.05, 3.63) is 64.7 Å². The second-order valence-corrected chi connectivity index (χ2v) is 8.38. The van der Waals surface area contributed by atoms with Crippen molar-refractivity contribution in [2.24, 2.45) is 11.3 Å². The predicted molar refractivity (Wildman–Crippen MR) is 102 cm³/mol. The second kappa shape index (κ2) is 6.55. The van der Waals surface area contributed by atoms with Crippen LogP contribution >= 0.6 is 11.6 Å². The fourth-order valence-corrected chi connectivity index (χ4v) is 4.65. The zero-order chi connectivity index (χ0) is 20.1. The van der Waals surface area contributed by atoms with Crippen LogP contribution in [-0.2, 0) is 4.79 Å². The van der Waals surface area contributed by atoms with E-state index in [4.69, 9.17) is 11.6 Å². The maximum absolute atomic E-state index is 13.3. The Hall–Kier alpha value is -2.47. The number of carbonyl (C=O) groups excluding carboxylic acids is 2. The lowest BCUT2D eigenvalue weighted by Crippen LogP contribution is -2.77. The number of nitrogens with one attached hydrogen (secondary N) is 2. The van der Waals surface area contributed by atoms with E-state index in [-0.39, 0.29) is 39.5 Å². The number of rotatable bonds is 5. The molecule has 2 N–H and O–H groups in total. The van der Waals surface area contributed by atoms with Crippen molar-refractivity contribution >= 4 is 29.1 Å². The van der Waals surface area contributed by atoms with E-state index in [0.29, 0.717) is 11.3 Å². The first-order valence-electron chi connectivity index (χ1n) is 9.06. The van der Waals surface area contributed by atoms with E-state index in [0.717, 1.165) is 19.3 Å². The smallest absolute Gasteiger partial charge is 0.251 e. The zero-order valence-corrected chi connectivity index (χ0v) is 15.9. The van der Waals surface area contributed by atoms with Gasteiger partial charge in [-0.25, -0.2) is 8.78 Å². The minimum atomic E-state index is -0.566. The topological polar surface area (TPSA) is 58.2 Å².